The minimum absolute atomic E-state index is 0.877. The molecule has 0 bridgehead atoms. The third-order valence-electron chi connectivity index (χ3n) is 0.434. The van der Waals surface area contributed by atoms with Crippen molar-refractivity contribution in [2.24, 2.45) is 0 Å². The van der Waals surface area contributed by atoms with E-state index in [0.29, 0.717) is 0 Å². The van der Waals surface area contributed by atoms with Gasteiger partial charge in [-0.2, -0.15) is 11.4 Å². The summed E-state index contributed by atoms with van der Waals surface area (Å²) in [5.41, 5.74) is 2.69. The van der Waals surface area contributed by atoms with E-state index in [1.54, 1.807) is 0 Å². The highest BCUT2D eigenvalue weighted by Gasteiger charge is 1.85. The summed E-state index contributed by atoms with van der Waals surface area (Å²) < 4.78 is 4.68. The molecule has 1 radical (unpaired) electrons. The predicted octanol–water partition coefficient (Wildman–Crippen LogP) is 0.119. The predicted molar refractivity (Wildman–Crippen MR) is 24.8 cm³/mol. The van der Waals surface area contributed by atoms with Crippen molar-refractivity contribution >= 4 is 16.9 Å². The summed E-state index contributed by atoms with van der Waals surface area (Å²) in [6, 6.07) is 0. The lowest BCUT2D eigenvalue weighted by molar-refractivity contribution is 0.363. The molecule has 0 aromatic carbocycles. The molecule has 1 aliphatic heterocycles. The monoisotopic (exact) mass is 89.0 g/mol. The number of ether oxygens (including phenoxy) is 1. The fourth-order valence-corrected chi connectivity index (χ4v) is 0.685. The van der Waals surface area contributed by atoms with Crippen LogP contribution in [-0.4, -0.2) is 17.9 Å². The van der Waals surface area contributed by atoms with Gasteiger partial charge in [0, 0.05) is 5.75 Å². The van der Waals surface area contributed by atoms with Crippen molar-refractivity contribution < 1.29 is 4.74 Å². The van der Waals surface area contributed by atoms with Crippen LogP contribution < -0.4 is 0 Å². The molecule has 0 atom stereocenters. The van der Waals surface area contributed by atoms with Gasteiger partial charge in [-0.05, 0) is 0 Å². The van der Waals surface area contributed by atoms with Gasteiger partial charge in [-0.25, -0.2) is 0 Å². The fraction of sp³-hybridized carbons (Fsp3) is 0.667. The topological polar surface area (TPSA) is 9.23 Å². The van der Waals surface area contributed by atoms with E-state index < -0.39 is 0 Å². The molecular formula is C3H5OS. The molecule has 0 N–H and O–H groups in total. The van der Waals surface area contributed by atoms with Crippen LogP contribution in [0.5, 0.6) is 0 Å². The zero-order chi connectivity index (χ0) is 3.54. The second-order valence-electron chi connectivity index (χ2n) is 0.821. The molecule has 0 amide bonds. The third kappa shape index (κ3) is 0.740. The molecule has 1 aliphatic rings. The summed E-state index contributed by atoms with van der Waals surface area (Å²) in [6.45, 7) is 0.877. The van der Waals surface area contributed by atoms with E-state index in [1.165, 1.54) is 11.4 Å². The Bertz CT molecular complexity index is 44.9. The van der Waals surface area contributed by atoms with Crippen LogP contribution >= 0.6 is 11.4 Å². The first-order chi connectivity index (χ1) is 2.50. The number of rotatable bonds is 0. The van der Waals surface area contributed by atoms with Gasteiger partial charge >= 0.3 is 0 Å². The van der Waals surface area contributed by atoms with E-state index in [9.17, 15) is 0 Å². The Balaban J connectivity index is 2.32. The molecule has 1 rings (SSSR count). The quantitative estimate of drug-likeness (QED) is 0.327. The molecule has 0 unspecified atom stereocenters. The van der Waals surface area contributed by atoms with E-state index in [2.05, 4.69) is 10.3 Å². The van der Waals surface area contributed by atoms with E-state index in [1.807, 2.05) is 0 Å². The smallest absolute Gasteiger partial charge is 0.132 e. The summed E-state index contributed by atoms with van der Waals surface area (Å²) in [7, 11) is 0. The van der Waals surface area contributed by atoms with Gasteiger partial charge in [0.15, 0.2) is 0 Å². The van der Waals surface area contributed by atoms with Crippen molar-refractivity contribution in [3.05, 3.63) is 0 Å². The molecule has 0 spiro atoms. The molecule has 1 heterocycles. The maximum atomic E-state index is 4.68. The Labute approximate surface area is 34.9 Å². The van der Waals surface area contributed by atoms with Gasteiger partial charge in [0.2, 0.25) is 0 Å². The molecule has 2 heteroatoms. The van der Waals surface area contributed by atoms with E-state index >= 15 is 0 Å². The standard InChI is InChI=1S/C3H5OS/c1-2-5-3-4-1/h5H,1-2H2. The zero-order valence-corrected chi connectivity index (χ0v) is 3.66. The molecule has 1 nitrogen and oxygen atoms in total. The lowest BCUT2D eigenvalue weighted by Crippen LogP contribution is -1.80. The van der Waals surface area contributed by atoms with Gasteiger partial charge in [-0.3, -0.25) is 0 Å². The van der Waals surface area contributed by atoms with Crippen molar-refractivity contribution in [2.75, 3.05) is 12.4 Å². The zero-order valence-electron chi connectivity index (χ0n) is 2.77. The normalized spacial score (nSPS) is 22.4. The number of hydrogen-bond donors (Lipinski definition) is 1. The molecule has 0 saturated heterocycles. The van der Waals surface area contributed by atoms with Crippen molar-refractivity contribution in [1.29, 1.82) is 0 Å². The maximum absolute atomic E-state index is 4.68. The minimum atomic E-state index is 0.877. The summed E-state index contributed by atoms with van der Waals surface area (Å²) in [5, 5.41) is 0. The van der Waals surface area contributed by atoms with Crippen LogP contribution in [0.25, 0.3) is 0 Å². The van der Waals surface area contributed by atoms with Gasteiger partial charge in [0.05, 0.1) is 6.61 Å². The molecule has 0 saturated carbocycles. The van der Waals surface area contributed by atoms with Crippen LogP contribution in [-0.2, 0) is 4.74 Å². The molecular weight excluding hydrogens is 84.1 g/mol. The Hall–Kier alpha value is 0.180. The minimum Gasteiger partial charge on any atom is -0.336 e. The Morgan fingerprint density at radius 3 is 3.00 bits per heavy atom. The second-order valence-corrected chi connectivity index (χ2v) is 1.77. The van der Waals surface area contributed by atoms with Crippen LogP contribution in [0.1, 0.15) is 0 Å². The average molecular weight is 89.1 g/mol. The average Bonchev–Trinajstić information content (AvgIpc) is 1.76. The van der Waals surface area contributed by atoms with Gasteiger partial charge in [-0.15, -0.1) is 0 Å². The van der Waals surface area contributed by atoms with Crippen molar-refractivity contribution in [1.82, 2.24) is 0 Å². The SMILES string of the molecule is [C]1=[SH]CCO1. The summed E-state index contributed by atoms with van der Waals surface area (Å²) in [6.07, 6.45) is 0. The first-order valence-electron chi connectivity index (χ1n) is 1.53. The van der Waals surface area contributed by atoms with E-state index in [-0.39, 0.29) is 0 Å². The number of thiol groups is 1. The molecule has 0 aromatic rings. The summed E-state index contributed by atoms with van der Waals surface area (Å²) in [5.74, 6) is 1.14. The van der Waals surface area contributed by atoms with Crippen LogP contribution in [0.3, 0.4) is 0 Å². The fourth-order valence-electron chi connectivity index (χ4n) is 0.228. The molecule has 0 aromatic heterocycles. The molecule has 0 fully saturated rings. The van der Waals surface area contributed by atoms with Gasteiger partial charge in [-0.1, -0.05) is 0 Å². The van der Waals surface area contributed by atoms with Gasteiger partial charge in [0.25, 0.3) is 0 Å². The lowest BCUT2D eigenvalue weighted by Gasteiger charge is -1.72. The van der Waals surface area contributed by atoms with E-state index in [0.717, 1.165) is 12.4 Å². The summed E-state index contributed by atoms with van der Waals surface area (Å²) >= 11 is 1.22. The third-order valence-corrected chi connectivity index (χ3v) is 1.10. The van der Waals surface area contributed by atoms with Gasteiger partial charge in [0.1, 0.15) is 5.55 Å². The van der Waals surface area contributed by atoms with Crippen LogP contribution in [0.2, 0.25) is 0 Å². The summed E-state index contributed by atoms with van der Waals surface area (Å²) in [4.78, 5) is 0. The van der Waals surface area contributed by atoms with Crippen LogP contribution in [0.4, 0.5) is 0 Å². The highest BCUT2D eigenvalue weighted by Crippen LogP contribution is 1.91. The van der Waals surface area contributed by atoms with Crippen molar-refractivity contribution in [3.8, 4) is 0 Å². The van der Waals surface area contributed by atoms with Crippen molar-refractivity contribution in [3.63, 3.8) is 0 Å². The highest BCUT2D eigenvalue weighted by atomic mass is 32.1. The lowest BCUT2D eigenvalue weighted by atomic mass is 10.9. The van der Waals surface area contributed by atoms with Gasteiger partial charge < -0.3 is 4.74 Å². The first kappa shape index (κ1) is 3.37. The second kappa shape index (κ2) is 1.58. The first-order valence-corrected chi connectivity index (χ1v) is 2.61. The Morgan fingerprint density at radius 2 is 2.80 bits per heavy atom. The largest absolute Gasteiger partial charge is 0.336 e. The number of hydrogen-bond acceptors (Lipinski definition) is 1. The molecule has 5 heavy (non-hydrogen) atoms. The maximum Gasteiger partial charge on any atom is 0.132 e. The van der Waals surface area contributed by atoms with Crippen LogP contribution in [0.15, 0.2) is 0 Å². The van der Waals surface area contributed by atoms with Crippen LogP contribution in [0, 0.1) is 0 Å². The highest BCUT2D eigenvalue weighted by molar-refractivity contribution is 7.97. The van der Waals surface area contributed by atoms with E-state index in [4.69, 9.17) is 0 Å². The Morgan fingerprint density at radius 1 is 1.80 bits per heavy atom. The molecule has 29 valence electrons. The Kier molecular flexibility index (Phi) is 1.06. The molecule has 0 aliphatic carbocycles. The van der Waals surface area contributed by atoms with Crippen molar-refractivity contribution in [2.45, 2.75) is 0 Å².